The third-order valence-corrected chi connectivity index (χ3v) is 3.06. The van der Waals surface area contributed by atoms with E-state index in [-0.39, 0.29) is 0 Å². The summed E-state index contributed by atoms with van der Waals surface area (Å²) in [6, 6.07) is 5.61. The van der Waals surface area contributed by atoms with Crippen LogP contribution in [0.5, 0.6) is 0 Å². The number of nitrogens with one attached hydrogen (secondary N) is 2. The first-order valence-electron chi connectivity index (χ1n) is 6.41. The first kappa shape index (κ1) is 12.8. The van der Waals surface area contributed by atoms with Crippen molar-refractivity contribution in [3.8, 4) is 6.07 Å². The molecule has 0 saturated carbocycles. The van der Waals surface area contributed by atoms with Crippen LogP contribution in [0.3, 0.4) is 0 Å². The molecule has 5 nitrogen and oxygen atoms in total. The number of rotatable bonds is 5. The van der Waals surface area contributed by atoms with Gasteiger partial charge in [-0.2, -0.15) is 5.26 Å². The van der Waals surface area contributed by atoms with Gasteiger partial charge in [0.2, 0.25) is 0 Å². The first-order valence-corrected chi connectivity index (χ1v) is 6.41. The van der Waals surface area contributed by atoms with E-state index in [0.717, 1.165) is 51.5 Å². The number of hydrogen-bond acceptors (Lipinski definition) is 5. The van der Waals surface area contributed by atoms with Crippen LogP contribution in [0.4, 0.5) is 5.82 Å². The lowest BCUT2D eigenvalue weighted by atomic mass is 10.3. The summed E-state index contributed by atoms with van der Waals surface area (Å²) >= 11 is 0. The number of nitriles is 1. The van der Waals surface area contributed by atoms with E-state index in [9.17, 15) is 0 Å². The van der Waals surface area contributed by atoms with Crippen molar-refractivity contribution in [2.24, 2.45) is 0 Å². The Morgan fingerprint density at radius 2 is 2.28 bits per heavy atom. The first-order chi connectivity index (χ1) is 8.88. The van der Waals surface area contributed by atoms with Crippen molar-refractivity contribution in [2.75, 3.05) is 44.6 Å². The summed E-state index contributed by atoms with van der Waals surface area (Å²) in [6.45, 7) is 6.49. The summed E-state index contributed by atoms with van der Waals surface area (Å²) in [5, 5.41) is 15.4. The summed E-state index contributed by atoms with van der Waals surface area (Å²) in [6.07, 6.45) is 2.76. The Labute approximate surface area is 108 Å². The van der Waals surface area contributed by atoms with E-state index in [2.05, 4.69) is 26.6 Å². The van der Waals surface area contributed by atoms with Crippen LogP contribution in [0.1, 0.15) is 12.0 Å². The largest absolute Gasteiger partial charge is 0.370 e. The van der Waals surface area contributed by atoms with Crippen molar-refractivity contribution in [2.45, 2.75) is 6.42 Å². The number of piperazine rings is 1. The van der Waals surface area contributed by atoms with Crippen molar-refractivity contribution in [3.63, 3.8) is 0 Å². The molecule has 0 atom stereocenters. The number of anilines is 1. The fourth-order valence-electron chi connectivity index (χ4n) is 2.05. The average Bonchev–Trinajstić information content (AvgIpc) is 2.45. The summed E-state index contributed by atoms with van der Waals surface area (Å²) in [7, 11) is 0. The SMILES string of the molecule is N#Cc1ccnc(NCCCN2CCNCC2)c1. The van der Waals surface area contributed by atoms with Gasteiger partial charge in [0, 0.05) is 38.9 Å². The Morgan fingerprint density at radius 1 is 1.44 bits per heavy atom. The van der Waals surface area contributed by atoms with Crippen LogP contribution < -0.4 is 10.6 Å². The van der Waals surface area contributed by atoms with Gasteiger partial charge in [-0.1, -0.05) is 0 Å². The van der Waals surface area contributed by atoms with E-state index in [0.29, 0.717) is 5.56 Å². The van der Waals surface area contributed by atoms with Gasteiger partial charge < -0.3 is 15.5 Å². The lowest BCUT2D eigenvalue weighted by Gasteiger charge is -2.27. The van der Waals surface area contributed by atoms with Crippen molar-refractivity contribution >= 4 is 5.82 Å². The van der Waals surface area contributed by atoms with E-state index < -0.39 is 0 Å². The predicted molar refractivity (Wildman–Crippen MR) is 71.4 cm³/mol. The predicted octanol–water partition coefficient (Wildman–Crippen LogP) is 0.660. The van der Waals surface area contributed by atoms with Gasteiger partial charge in [-0.05, 0) is 25.1 Å². The molecule has 0 spiro atoms. The molecule has 0 amide bonds. The van der Waals surface area contributed by atoms with Crippen LogP contribution >= 0.6 is 0 Å². The van der Waals surface area contributed by atoms with Gasteiger partial charge in [0.25, 0.3) is 0 Å². The molecule has 0 radical (unpaired) electrons. The zero-order valence-electron chi connectivity index (χ0n) is 10.5. The van der Waals surface area contributed by atoms with Crippen LogP contribution in [0.2, 0.25) is 0 Å². The summed E-state index contributed by atoms with van der Waals surface area (Å²) in [4.78, 5) is 6.66. The van der Waals surface area contributed by atoms with E-state index in [1.165, 1.54) is 0 Å². The molecule has 1 fully saturated rings. The lowest BCUT2D eigenvalue weighted by molar-refractivity contribution is 0.240. The standard InChI is InChI=1S/C13H19N5/c14-11-12-2-4-17-13(10-12)16-3-1-7-18-8-5-15-6-9-18/h2,4,10,15H,1,3,5-9H2,(H,16,17). The van der Waals surface area contributed by atoms with Gasteiger partial charge in [0.15, 0.2) is 0 Å². The summed E-state index contributed by atoms with van der Waals surface area (Å²) in [5.74, 6) is 0.786. The number of nitrogens with zero attached hydrogens (tertiary/aromatic N) is 3. The quantitative estimate of drug-likeness (QED) is 0.746. The molecule has 2 N–H and O–H groups in total. The highest BCUT2D eigenvalue weighted by atomic mass is 15.2. The highest BCUT2D eigenvalue weighted by Gasteiger charge is 2.08. The highest BCUT2D eigenvalue weighted by molar-refractivity contribution is 5.42. The Bertz CT molecular complexity index is 406. The second-order valence-electron chi connectivity index (χ2n) is 4.41. The fraction of sp³-hybridized carbons (Fsp3) is 0.538. The molecular formula is C13H19N5. The second kappa shape index (κ2) is 6.94. The second-order valence-corrected chi connectivity index (χ2v) is 4.41. The van der Waals surface area contributed by atoms with Gasteiger partial charge in [0.1, 0.15) is 5.82 Å². The van der Waals surface area contributed by atoms with Crippen molar-refractivity contribution in [1.82, 2.24) is 15.2 Å². The number of hydrogen-bond donors (Lipinski definition) is 2. The molecule has 0 aliphatic carbocycles. The smallest absolute Gasteiger partial charge is 0.127 e. The van der Waals surface area contributed by atoms with Crippen LogP contribution in [-0.4, -0.2) is 49.2 Å². The molecule has 1 saturated heterocycles. The van der Waals surface area contributed by atoms with E-state index in [1.807, 2.05) is 0 Å². The van der Waals surface area contributed by atoms with E-state index >= 15 is 0 Å². The monoisotopic (exact) mass is 245 g/mol. The minimum Gasteiger partial charge on any atom is -0.370 e. The minimum atomic E-state index is 0.648. The van der Waals surface area contributed by atoms with E-state index in [4.69, 9.17) is 5.26 Å². The summed E-state index contributed by atoms with van der Waals surface area (Å²) in [5.41, 5.74) is 0.648. The number of aromatic nitrogens is 1. The Hall–Kier alpha value is -1.64. The third-order valence-electron chi connectivity index (χ3n) is 3.06. The van der Waals surface area contributed by atoms with Crippen molar-refractivity contribution in [1.29, 1.82) is 5.26 Å². The molecule has 1 aliphatic heterocycles. The highest BCUT2D eigenvalue weighted by Crippen LogP contribution is 2.05. The maximum Gasteiger partial charge on any atom is 0.127 e. The molecule has 96 valence electrons. The molecule has 0 unspecified atom stereocenters. The average molecular weight is 245 g/mol. The molecular weight excluding hydrogens is 226 g/mol. The van der Waals surface area contributed by atoms with Gasteiger partial charge in [0.05, 0.1) is 11.6 Å². The van der Waals surface area contributed by atoms with E-state index in [1.54, 1.807) is 18.3 Å². The molecule has 1 aromatic heterocycles. The van der Waals surface area contributed by atoms with Gasteiger partial charge >= 0.3 is 0 Å². The molecule has 1 aliphatic rings. The molecule has 0 aromatic carbocycles. The van der Waals surface area contributed by atoms with Crippen LogP contribution in [0, 0.1) is 11.3 Å². The Balaban J connectivity index is 1.67. The third kappa shape index (κ3) is 3.99. The number of pyridine rings is 1. The molecule has 1 aromatic rings. The summed E-state index contributed by atoms with van der Waals surface area (Å²) < 4.78 is 0. The zero-order chi connectivity index (χ0) is 12.6. The fourth-order valence-corrected chi connectivity index (χ4v) is 2.05. The van der Waals surface area contributed by atoms with Crippen LogP contribution in [-0.2, 0) is 0 Å². The molecule has 0 bridgehead atoms. The van der Waals surface area contributed by atoms with Gasteiger partial charge in [-0.3, -0.25) is 0 Å². The zero-order valence-corrected chi connectivity index (χ0v) is 10.5. The molecule has 5 heteroatoms. The molecule has 2 heterocycles. The molecule has 2 rings (SSSR count). The van der Waals surface area contributed by atoms with Crippen molar-refractivity contribution < 1.29 is 0 Å². The normalized spacial score (nSPS) is 16.2. The van der Waals surface area contributed by atoms with Crippen molar-refractivity contribution in [3.05, 3.63) is 23.9 Å². The van der Waals surface area contributed by atoms with Crippen LogP contribution in [0.15, 0.2) is 18.3 Å². The Kier molecular flexibility index (Phi) is 4.94. The maximum atomic E-state index is 8.79. The minimum absolute atomic E-state index is 0.648. The topological polar surface area (TPSA) is 64.0 Å². The lowest BCUT2D eigenvalue weighted by Crippen LogP contribution is -2.44. The maximum absolute atomic E-state index is 8.79. The van der Waals surface area contributed by atoms with Crippen LogP contribution in [0.25, 0.3) is 0 Å². The molecule has 18 heavy (non-hydrogen) atoms. The van der Waals surface area contributed by atoms with Gasteiger partial charge in [-0.15, -0.1) is 0 Å². The van der Waals surface area contributed by atoms with Gasteiger partial charge in [-0.25, -0.2) is 4.98 Å². The Morgan fingerprint density at radius 3 is 3.06 bits per heavy atom.